The molecule has 0 fully saturated rings. The Bertz CT molecular complexity index is 826. The number of nitrogens with two attached hydrogens (primary N) is 1. The van der Waals surface area contributed by atoms with Crippen molar-refractivity contribution in [2.45, 2.75) is 9.79 Å². The maximum atomic E-state index is 12.2. The molecule has 0 unspecified atom stereocenters. The Morgan fingerprint density at radius 3 is 2.50 bits per heavy atom. The molecule has 1 heterocycles. The fraction of sp³-hybridized carbons (Fsp3) is 0.100. The van der Waals surface area contributed by atoms with Gasteiger partial charge < -0.3 is 10.7 Å². The van der Waals surface area contributed by atoms with Crippen LogP contribution < -0.4 is 10.5 Å². The second-order valence-electron chi connectivity index (χ2n) is 4.02. The summed E-state index contributed by atoms with van der Waals surface area (Å²) >= 11 is 0. The molecule has 0 bridgehead atoms. The number of sulfonamides is 1. The number of nitrogens with zero attached hydrogens (tertiary/aromatic N) is 1. The zero-order chi connectivity index (χ0) is 15.0. The molecule has 0 atom stereocenters. The number of hydrogen-bond donors (Lipinski definition) is 3. The van der Waals surface area contributed by atoms with Gasteiger partial charge in [0.05, 0.1) is 10.6 Å². The quantitative estimate of drug-likeness (QED) is 0.689. The molecule has 0 amide bonds. The van der Waals surface area contributed by atoms with Crippen molar-refractivity contribution in [3.63, 3.8) is 0 Å². The van der Waals surface area contributed by atoms with E-state index in [1.165, 1.54) is 24.5 Å². The van der Waals surface area contributed by atoms with Gasteiger partial charge in [-0.15, -0.1) is 0 Å². The average Bonchev–Trinajstić information content (AvgIpc) is 2.79. The first-order valence-corrected chi connectivity index (χ1v) is 8.69. The second-order valence-corrected chi connectivity index (χ2v) is 7.68. The van der Waals surface area contributed by atoms with Crippen molar-refractivity contribution < 1.29 is 16.8 Å². The summed E-state index contributed by atoms with van der Waals surface area (Å²) in [6.45, 7) is 0. The number of benzene rings is 1. The number of hydrogen-bond acceptors (Lipinski definition) is 6. The summed E-state index contributed by atoms with van der Waals surface area (Å²) in [7, 11) is -7.57. The second kappa shape index (κ2) is 4.80. The molecule has 0 radical (unpaired) electrons. The molecule has 4 N–H and O–H groups in total. The molecule has 8 nitrogen and oxygen atoms in total. The largest absolute Gasteiger partial charge is 0.398 e. The van der Waals surface area contributed by atoms with Crippen LogP contribution in [0.3, 0.4) is 0 Å². The predicted molar refractivity (Wildman–Crippen MR) is 73.4 cm³/mol. The van der Waals surface area contributed by atoms with Crippen LogP contribution in [0.2, 0.25) is 0 Å². The molecule has 1 aromatic heterocycles. The van der Waals surface area contributed by atoms with Gasteiger partial charge in [-0.05, 0) is 18.2 Å². The molecule has 0 saturated carbocycles. The van der Waals surface area contributed by atoms with Crippen molar-refractivity contribution in [1.29, 1.82) is 0 Å². The number of imidazole rings is 1. The lowest BCUT2D eigenvalue weighted by Gasteiger charge is -2.09. The van der Waals surface area contributed by atoms with Gasteiger partial charge in [-0.2, -0.15) is 0 Å². The highest BCUT2D eigenvalue weighted by molar-refractivity contribution is 7.93. The third kappa shape index (κ3) is 2.91. The first-order valence-electron chi connectivity index (χ1n) is 5.32. The maximum absolute atomic E-state index is 12.2. The van der Waals surface area contributed by atoms with E-state index in [-0.39, 0.29) is 21.4 Å². The molecule has 2 rings (SSSR count). The summed E-state index contributed by atoms with van der Waals surface area (Å²) in [5.41, 5.74) is 5.54. The molecular weight excluding hydrogens is 304 g/mol. The molecule has 0 aliphatic rings. The zero-order valence-electron chi connectivity index (χ0n) is 10.4. The van der Waals surface area contributed by atoms with Crippen LogP contribution in [0.25, 0.3) is 0 Å². The van der Waals surface area contributed by atoms with Crippen LogP contribution in [-0.4, -0.2) is 33.1 Å². The zero-order valence-corrected chi connectivity index (χ0v) is 12.0. The van der Waals surface area contributed by atoms with Crippen molar-refractivity contribution in [2.75, 3.05) is 16.7 Å². The molecule has 10 heteroatoms. The van der Waals surface area contributed by atoms with Gasteiger partial charge in [0.25, 0.3) is 10.0 Å². The number of rotatable bonds is 4. The summed E-state index contributed by atoms with van der Waals surface area (Å²) in [5.74, 6) is 0.00848. The van der Waals surface area contributed by atoms with Crippen LogP contribution in [0.1, 0.15) is 0 Å². The number of aromatic nitrogens is 2. The van der Waals surface area contributed by atoms with Crippen LogP contribution in [-0.2, 0) is 19.9 Å². The average molecular weight is 316 g/mol. The van der Waals surface area contributed by atoms with Gasteiger partial charge in [-0.1, -0.05) is 0 Å². The van der Waals surface area contributed by atoms with Crippen LogP contribution >= 0.6 is 0 Å². The van der Waals surface area contributed by atoms with E-state index in [1.54, 1.807) is 0 Å². The first kappa shape index (κ1) is 14.3. The van der Waals surface area contributed by atoms with Gasteiger partial charge in [0, 0.05) is 18.6 Å². The number of nitrogen functional groups attached to an aromatic ring is 1. The summed E-state index contributed by atoms with van der Waals surface area (Å²) in [5, 5.41) is 0. The highest BCUT2D eigenvalue weighted by Crippen LogP contribution is 2.23. The van der Waals surface area contributed by atoms with E-state index in [4.69, 9.17) is 5.73 Å². The van der Waals surface area contributed by atoms with Crippen molar-refractivity contribution in [3.05, 3.63) is 30.6 Å². The molecule has 0 aliphatic heterocycles. The minimum atomic E-state index is -4.03. The maximum Gasteiger partial charge on any atom is 0.266 e. The summed E-state index contributed by atoms with van der Waals surface area (Å²) in [6.07, 6.45) is 3.79. The highest BCUT2D eigenvalue weighted by Gasteiger charge is 2.21. The highest BCUT2D eigenvalue weighted by atomic mass is 32.2. The number of anilines is 2. The van der Waals surface area contributed by atoms with Crippen LogP contribution in [0.4, 0.5) is 11.6 Å². The topological polar surface area (TPSA) is 135 Å². The fourth-order valence-electron chi connectivity index (χ4n) is 1.48. The van der Waals surface area contributed by atoms with E-state index < -0.39 is 19.9 Å². The van der Waals surface area contributed by atoms with Crippen molar-refractivity contribution in [3.8, 4) is 0 Å². The smallest absolute Gasteiger partial charge is 0.266 e. The van der Waals surface area contributed by atoms with Crippen LogP contribution in [0.5, 0.6) is 0 Å². The van der Waals surface area contributed by atoms with Crippen molar-refractivity contribution in [1.82, 2.24) is 9.97 Å². The van der Waals surface area contributed by atoms with Gasteiger partial charge in [-0.25, -0.2) is 26.5 Å². The minimum absolute atomic E-state index is 0.00848. The lowest BCUT2D eigenvalue weighted by molar-refractivity contribution is 0.600. The van der Waals surface area contributed by atoms with Crippen molar-refractivity contribution >= 4 is 31.5 Å². The standard InChI is InChI=1S/C10H12N4O4S2/c1-19(15,16)7-2-3-8(11)9(6-7)20(17,18)14-10-12-4-5-13-10/h2-6H,11H2,1H3,(H2,12,13,14). The number of sulfone groups is 1. The monoisotopic (exact) mass is 316 g/mol. The van der Waals surface area contributed by atoms with E-state index in [9.17, 15) is 16.8 Å². The first-order chi connectivity index (χ1) is 9.20. The van der Waals surface area contributed by atoms with E-state index in [2.05, 4.69) is 14.7 Å². The van der Waals surface area contributed by atoms with E-state index in [0.29, 0.717) is 0 Å². The van der Waals surface area contributed by atoms with Gasteiger partial charge in [0.15, 0.2) is 9.84 Å². The Morgan fingerprint density at radius 1 is 1.25 bits per heavy atom. The minimum Gasteiger partial charge on any atom is -0.398 e. The summed E-state index contributed by atoms with van der Waals surface area (Å²) in [4.78, 5) is 5.83. The SMILES string of the molecule is CS(=O)(=O)c1ccc(N)c(S(=O)(=O)Nc2ncc[nH]2)c1. The van der Waals surface area contributed by atoms with Crippen LogP contribution in [0, 0.1) is 0 Å². The molecule has 108 valence electrons. The Hall–Kier alpha value is -2.07. The Kier molecular flexibility index (Phi) is 3.44. The molecule has 20 heavy (non-hydrogen) atoms. The summed E-state index contributed by atoms with van der Waals surface area (Å²) < 4.78 is 49.4. The number of H-pyrrole nitrogens is 1. The van der Waals surface area contributed by atoms with Gasteiger partial charge >= 0.3 is 0 Å². The Balaban J connectivity index is 2.51. The predicted octanol–water partition coefficient (Wildman–Crippen LogP) is 0.196. The van der Waals surface area contributed by atoms with E-state index in [1.807, 2.05) is 0 Å². The lowest BCUT2D eigenvalue weighted by Crippen LogP contribution is -2.16. The molecule has 2 aromatic rings. The van der Waals surface area contributed by atoms with Crippen LogP contribution in [0.15, 0.2) is 40.4 Å². The van der Waals surface area contributed by atoms with Crippen molar-refractivity contribution in [2.24, 2.45) is 0 Å². The van der Waals surface area contributed by atoms with Gasteiger partial charge in [0.1, 0.15) is 4.90 Å². The Morgan fingerprint density at radius 2 is 1.95 bits per heavy atom. The summed E-state index contributed by atoms with van der Waals surface area (Å²) in [6, 6.07) is 3.49. The molecule has 0 spiro atoms. The number of aromatic amines is 1. The number of nitrogens with one attached hydrogen (secondary N) is 2. The molecule has 1 aromatic carbocycles. The van der Waals surface area contributed by atoms with Gasteiger partial charge in [0.2, 0.25) is 5.95 Å². The van der Waals surface area contributed by atoms with E-state index in [0.717, 1.165) is 12.3 Å². The van der Waals surface area contributed by atoms with Gasteiger partial charge in [-0.3, -0.25) is 0 Å². The fourth-order valence-corrected chi connectivity index (χ4v) is 3.34. The Labute approximate surface area is 116 Å². The third-order valence-electron chi connectivity index (χ3n) is 2.43. The normalized spacial score (nSPS) is 12.2. The lowest BCUT2D eigenvalue weighted by atomic mass is 10.3. The molecule has 0 saturated heterocycles. The molecular formula is C10H12N4O4S2. The molecule has 0 aliphatic carbocycles. The third-order valence-corrected chi connectivity index (χ3v) is 4.94. The van der Waals surface area contributed by atoms with E-state index >= 15 is 0 Å².